The predicted octanol–water partition coefficient (Wildman–Crippen LogP) is 0.751. The first-order chi connectivity index (χ1) is 6.65. The van der Waals surface area contributed by atoms with Crippen LogP contribution in [0.5, 0.6) is 0 Å². The number of aromatic amines is 1. The lowest BCUT2D eigenvalue weighted by Gasteiger charge is -1.97. The standard InChI is InChI=1S/C8H6FN3O2/c9-5-1-4(2-6(10)3-5)7-11-12-8(13)14-7/h1-3H,10H2,(H,12,13). The molecular weight excluding hydrogens is 189 g/mol. The van der Waals surface area contributed by atoms with Gasteiger partial charge in [0.25, 0.3) is 0 Å². The monoisotopic (exact) mass is 195 g/mol. The van der Waals surface area contributed by atoms with Gasteiger partial charge < -0.3 is 10.2 Å². The molecule has 0 radical (unpaired) electrons. The van der Waals surface area contributed by atoms with Gasteiger partial charge in [-0.15, -0.1) is 5.10 Å². The van der Waals surface area contributed by atoms with Crippen LogP contribution in [0.25, 0.3) is 11.5 Å². The van der Waals surface area contributed by atoms with E-state index in [9.17, 15) is 9.18 Å². The molecule has 0 aliphatic carbocycles. The second kappa shape index (κ2) is 2.99. The Morgan fingerprint density at radius 2 is 2.21 bits per heavy atom. The lowest BCUT2D eigenvalue weighted by molar-refractivity contribution is 0.526. The molecule has 2 rings (SSSR count). The Morgan fingerprint density at radius 3 is 2.79 bits per heavy atom. The zero-order chi connectivity index (χ0) is 10.1. The highest BCUT2D eigenvalue weighted by Gasteiger charge is 2.07. The van der Waals surface area contributed by atoms with Gasteiger partial charge in [-0.25, -0.2) is 14.3 Å². The minimum absolute atomic E-state index is 0.0150. The van der Waals surface area contributed by atoms with E-state index in [1.165, 1.54) is 12.1 Å². The third kappa shape index (κ3) is 1.49. The minimum atomic E-state index is -0.692. The molecule has 0 fully saturated rings. The van der Waals surface area contributed by atoms with E-state index < -0.39 is 11.6 Å². The summed E-state index contributed by atoms with van der Waals surface area (Å²) in [5.41, 5.74) is 5.97. The minimum Gasteiger partial charge on any atom is -0.399 e. The molecule has 2 aromatic rings. The van der Waals surface area contributed by atoms with Gasteiger partial charge in [0.15, 0.2) is 0 Å². The molecule has 1 heterocycles. The number of H-pyrrole nitrogens is 1. The van der Waals surface area contributed by atoms with Crippen molar-refractivity contribution in [2.24, 2.45) is 0 Å². The van der Waals surface area contributed by atoms with Crippen LogP contribution in [0.3, 0.4) is 0 Å². The molecule has 0 aliphatic heterocycles. The van der Waals surface area contributed by atoms with Gasteiger partial charge in [-0.1, -0.05) is 0 Å². The van der Waals surface area contributed by atoms with E-state index in [0.29, 0.717) is 5.56 Å². The summed E-state index contributed by atoms with van der Waals surface area (Å²) in [4.78, 5) is 10.6. The van der Waals surface area contributed by atoms with Crippen molar-refractivity contribution < 1.29 is 8.81 Å². The van der Waals surface area contributed by atoms with E-state index in [1.54, 1.807) is 0 Å². The maximum Gasteiger partial charge on any atom is 0.434 e. The van der Waals surface area contributed by atoms with Gasteiger partial charge in [-0.2, -0.15) is 0 Å². The molecule has 1 aromatic heterocycles. The number of anilines is 1. The molecular formula is C8H6FN3O2. The van der Waals surface area contributed by atoms with Crippen LogP contribution in [0.2, 0.25) is 0 Å². The lowest BCUT2D eigenvalue weighted by Crippen LogP contribution is -1.93. The zero-order valence-corrected chi connectivity index (χ0v) is 6.95. The third-order valence-electron chi connectivity index (χ3n) is 1.61. The van der Waals surface area contributed by atoms with Crippen LogP contribution in [-0.2, 0) is 0 Å². The van der Waals surface area contributed by atoms with Crippen molar-refractivity contribution >= 4 is 5.69 Å². The molecule has 72 valence electrons. The average molecular weight is 195 g/mol. The molecule has 3 N–H and O–H groups in total. The van der Waals surface area contributed by atoms with Crippen molar-refractivity contribution in [1.82, 2.24) is 10.2 Å². The van der Waals surface area contributed by atoms with Crippen LogP contribution in [0.15, 0.2) is 27.4 Å². The quantitative estimate of drug-likeness (QED) is 0.657. The Balaban J connectivity index is 2.56. The number of rotatable bonds is 1. The van der Waals surface area contributed by atoms with Crippen LogP contribution in [-0.4, -0.2) is 10.2 Å². The summed E-state index contributed by atoms with van der Waals surface area (Å²) in [6.45, 7) is 0. The van der Waals surface area contributed by atoms with Gasteiger partial charge >= 0.3 is 5.76 Å². The highest BCUT2D eigenvalue weighted by molar-refractivity contribution is 5.59. The van der Waals surface area contributed by atoms with E-state index in [0.717, 1.165) is 6.07 Å². The second-order valence-corrected chi connectivity index (χ2v) is 2.69. The van der Waals surface area contributed by atoms with Crippen LogP contribution in [0.1, 0.15) is 0 Å². The fourth-order valence-corrected chi connectivity index (χ4v) is 1.09. The van der Waals surface area contributed by atoms with Crippen molar-refractivity contribution in [3.8, 4) is 11.5 Å². The molecule has 1 aromatic carbocycles. The Bertz CT molecular complexity index is 497. The van der Waals surface area contributed by atoms with Crippen LogP contribution < -0.4 is 11.5 Å². The third-order valence-corrected chi connectivity index (χ3v) is 1.61. The number of nitrogens with zero attached hydrogens (tertiary/aromatic N) is 1. The summed E-state index contributed by atoms with van der Waals surface area (Å²) in [7, 11) is 0. The van der Waals surface area contributed by atoms with Crippen molar-refractivity contribution in [3.63, 3.8) is 0 Å². The van der Waals surface area contributed by atoms with E-state index in [1.807, 2.05) is 0 Å². The van der Waals surface area contributed by atoms with Gasteiger partial charge in [0, 0.05) is 11.3 Å². The van der Waals surface area contributed by atoms with Gasteiger partial charge in [-0.05, 0) is 18.2 Å². The zero-order valence-electron chi connectivity index (χ0n) is 6.95. The maximum absolute atomic E-state index is 12.9. The van der Waals surface area contributed by atoms with E-state index in [-0.39, 0.29) is 11.6 Å². The highest BCUT2D eigenvalue weighted by Crippen LogP contribution is 2.19. The molecule has 0 spiro atoms. The van der Waals surface area contributed by atoms with Gasteiger partial charge in [0.1, 0.15) is 5.82 Å². The number of benzene rings is 1. The number of hydrogen-bond acceptors (Lipinski definition) is 4. The number of nitrogens with two attached hydrogens (primary N) is 1. The van der Waals surface area contributed by atoms with Gasteiger partial charge in [0.05, 0.1) is 0 Å². The van der Waals surface area contributed by atoms with Gasteiger partial charge in [0.2, 0.25) is 5.89 Å². The largest absolute Gasteiger partial charge is 0.434 e. The van der Waals surface area contributed by atoms with Crippen molar-refractivity contribution in [2.75, 3.05) is 5.73 Å². The Kier molecular flexibility index (Phi) is 1.81. The number of nitrogen functional groups attached to an aromatic ring is 1. The van der Waals surface area contributed by atoms with Crippen LogP contribution >= 0.6 is 0 Å². The normalized spacial score (nSPS) is 10.4. The van der Waals surface area contributed by atoms with E-state index >= 15 is 0 Å². The first-order valence-electron chi connectivity index (χ1n) is 3.77. The summed E-state index contributed by atoms with van der Waals surface area (Å²) < 4.78 is 17.5. The summed E-state index contributed by atoms with van der Waals surface area (Å²) >= 11 is 0. The second-order valence-electron chi connectivity index (χ2n) is 2.69. The highest BCUT2D eigenvalue weighted by atomic mass is 19.1. The number of aromatic nitrogens is 2. The maximum atomic E-state index is 12.9. The van der Waals surface area contributed by atoms with E-state index in [4.69, 9.17) is 5.73 Å². The Hall–Kier alpha value is -2.11. The van der Waals surface area contributed by atoms with Crippen LogP contribution in [0.4, 0.5) is 10.1 Å². The lowest BCUT2D eigenvalue weighted by atomic mass is 10.2. The van der Waals surface area contributed by atoms with Crippen molar-refractivity contribution in [2.45, 2.75) is 0 Å². The Morgan fingerprint density at radius 1 is 1.43 bits per heavy atom. The number of hydrogen-bond donors (Lipinski definition) is 2. The molecule has 0 unspecified atom stereocenters. The number of nitrogens with one attached hydrogen (secondary N) is 1. The SMILES string of the molecule is Nc1cc(F)cc(-c2n[nH]c(=O)o2)c1. The molecule has 0 saturated heterocycles. The fraction of sp³-hybridized carbons (Fsp3) is 0. The molecule has 14 heavy (non-hydrogen) atoms. The van der Waals surface area contributed by atoms with Crippen LogP contribution in [0, 0.1) is 5.82 Å². The summed E-state index contributed by atoms with van der Waals surface area (Å²) in [6.07, 6.45) is 0. The molecule has 0 saturated carbocycles. The number of halogens is 1. The smallest absolute Gasteiger partial charge is 0.399 e. The molecule has 0 atom stereocenters. The summed E-state index contributed by atoms with van der Waals surface area (Å²) in [5.74, 6) is -1.19. The molecule has 0 bridgehead atoms. The first-order valence-corrected chi connectivity index (χ1v) is 3.77. The van der Waals surface area contributed by atoms with Gasteiger partial charge in [-0.3, -0.25) is 0 Å². The van der Waals surface area contributed by atoms with Crippen molar-refractivity contribution in [1.29, 1.82) is 0 Å². The first kappa shape index (κ1) is 8.49. The fourth-order valence-electron chi connectivity index (χ4n) is 1.09. The molecule has 5 nitrogen and oxygen atoms in total. The molecule has 6 heteroatoms. The average Bonchev–Trinajstić information content (AvgIpc) is 2.50. The van der Waals surface area contributed by atoms with Crippen molar-refractivity contribution in [3.05, 3.63) is 34.6 Å². The Labute approximate surface area is 77.4 Å². The molecule has 0 amide bonds. The summed E-state index contributed by atoms with van der Waals surface area (Å²) in [5, 5.41) is 5.61. The summed E-state index contributed by atoms with van der Waals surface area (Å²) in [6, 6.07) is 3.80. The topological polar surface area (TPSA) is 84.9 Å². The predicted molar refractivity (Wildman–Crippen MR) is 46.9 cm³/mol. The molecule has 0 aliphatic rings. The van der Waals surface area contributed by atoms with E-state index in [2.05, 4.69) is 14.6 Å².